The number of hydrogen-bond acceptors (Lipinski definition) is 7. The van der Waals surface area contributed by atoms with E-state index in [2.05, 4.69) is 19.6 Å². The molecule has 7 nitrogen and oxygen atoms in total. The molecule has 1 saturated heterocycles. The zero-order valence-electron chi connectivity index (χ0n) is 12.1. The van der Waals surface area contributed by atoms with E-state index in [4.69, 9.17) is 16.3 Å². The normalized spacial score (nSPS) is 16.4. The third-order valence-electron chi connectivity index (χ3n) is 3.25. The van der Waals surface area contributed by atoms with Gasteiger partial charge in [-0.15, -0.1) is 11.3 Å². The predicted molar refractivity (Wildman–Crippen MR) is 88.3 cm³/mol. The summed E-state index contributed by atoms with van der Waals surface area (Å²) in [6, 6.07) is 1.35. The maximum atomic E-state index is 12.3. The summed E-state index contributed by atoms with van der Waals surface area (Å²) >= 11 is 7.03. The van der Waals surface area contributed by atoms with Gasteiger partial charge in [0, 0.05) is 37.4 Å². The van der Waals surface area contributed by atoms with Crippen molar-refractivity contribution in [1.82, 2.24) is 14.9 Å². The predicted octanol–water partition coefficient (Wildman–Crippen LogP) is 1.82. The van der Waals surface area contributed by atoms with Crippen LogP contribution in [0.4, 0.5) is 5.13 Å². The SMILES string of the molecule is O=S(=O)(Nc1nc(CN2CCOCC2)cs1)c1cncc(Cl)c1. The van der Waals surface area contributed by atoms with Crippen LogP contribution < -0.4 is 4.72 Å². The number of sulfonamides is 1. The van der Waals surface area contributed by atoms with Crippen molar-refractivity contribution in [2.24, 2.45) is 0 Å². The number of nitrogens with one attached hydrogen (secondary N) is 1. The summed E-state index contributed by atoms with van der Waals surface area (Å²) in [6.07, 6.45) is 2.63. The van der Waals surface area contributed by atoms with Gasteiger partial charge in [-0.25, -0.2) is 13.4 Å². The maximum absolute atomic E-state index is 12.3. The minimum atomic E-state index is -3.74. The van der Waals surface area contributed by atoms with Crippen molar-refractivity contribution in [3.63, 3.8) is 0 Å². The highest BCUT2D eigenvalue weighted by atomic mass is 35.5. The summed E-state index contributed by atoms with van der Waals surface area (Å²) in [7, 11) is -3.74. The number of thiazole rings is 1. The van der Waals surface area contributed by atoms with E-state index in [-0.39, 0.29) is 9.92 Å². The lowest BCUT2D eigenvalue weighted by Gasteiger charge is -2.25. The summed E-state index contributed by atoms with van der Waals surface area (Å²) in [5.41, 5.74) is 0.832. The standard InChI is InChI=1S/C13H15ClN4O3S2/c14-10-5-12(7-15-6-10)23(19,20)17-13-16-11(9-22-13)8-18-1-3-21-4-2-18/h5-7,9H,1-4,8H2,(H,16,17). The first-order valence-corrected chi connectivity index (χ1v) is 9.65. The van der Waals surface area contributed by atoms with Crippen molar-refractivity contribution in [1.29, 1.82) is 0 Å². The molecule has 0 saturated carbocycles. The van der Waals surface area contributed by atoms with Gasteiger partial charge in [-0.05, 0) is 6.07 Å². The molecular formula is C13H15ClN4O3S2. The van der Waals surface area contributed by atoms with Crippen LogP contribution in [0.3, 0.4) is 0 Å². The fraction of sp³-hybridized carbons (Fsp3) is 0.385. The monoisotopic (exact) mass is 374 g/mol. The Morgan fingerprint density at radius 3 is 2.87 bits per heavy atom. The minimum absolute atomic E-state index is 0.00919. The third kappa shape index (κ3) is 4.39. The van der Waals surface area contributed by atoms with Crippen molar-refractivity contribution in [3.8, 4) is 0 Å². The molecule has 1 N–H and O–H groups in total. The molecule has 0 bridgehead atoms. The summed E-state index contributed by atoms with van der Waals surface area (Å²) in [4.78, 5) is 10.3. The van der Waals surface area contributed by atoms with Gasteiger partial charge in [0.25, 0.3) is 10.0 Å². The van der Waals surface area contributed by atoms with E-state index in [1.807, 2.05) is 5.38 Å². The summed E-state index contributed by atoms with van der Waals surface area (Å²) in [6.45, 7) is 3.82. The van der Waals surface area contributed by atoms with E-state index in [0.717, 1.165) is 18.8 Å². The molecule has 3 heterocycles. The van der Waals surface area contributed by atoms with Gasteiger partial charge >= 0.3 is 0 Å². The molecule has 0 spiro atoms. The van der Waals surface area contributed by atoms with Crippen LogP contribution in [0.25, 0.3) is 0 Å². The van der Waals surface area contributed by atoms with E-state index in [1.54, 1.807) is 0 Å². The fourth-order valence-electron chi connectivity index (χ4n) is 2.13. The van der Waals surface area contributed by atoms with Crippen molar-refractivity contribution in [3.05, 3.63) is 34.6 Å². The highest BCUT2D eigenvalue weighted by molar-refractivity contribution is 7.93. The Balaban J connectivity index is 1.68. The molecule has 0 atom stereocenters. The lowest BCUT2D eigenvalue weighted by Crippen LogP contribution is -2.35. The number of pyridine rings is 1. The number of nitrogens with zero attached hydrogens (tertiary/aromatic N) is 3. The number of anilines is 1. The van der Waals surface area contributed by atoms with Crippen LogP contribution in [-0.2, 0) is 21.3 Å². The van der Waals surface area contributed by atoms with Gasteiger partial charge in [0.2, 0.25) is 0 Å². The van der Waals surface area contributed by atoms with E-state index in [9.17, 15) is 8.42 Å². The summed E-state index contributed by atoms with van der Waals surface area (Å²) < 4.78 is 32.3. The molecule has 10 heteroatoms. The van der Waals surface area contributed by atoms with Crippen molar-refractivity contribution in [2.45, 2.75) is 11.4 Å². The number of halogens is 1. The smallest absolute Gasteiger partial charge is 0.265 e. The Hall–Kier alpha value is -1.26. The number of aromatic nitrogens is 2. The molecule has 23 heavy (non-hydrogen) atoms. The van der Waals surface area contributed by atoms with E-state index in [1.165, 1.54) is 29.8 Å². The summed E-state index contributed by atoms with van der Waals surface area (Å²) in [5, 5.41) is 2.44. The molecule has 0 unspecified atom stereocenters. The molecule has 124 valence electrons. The van der Waals surface area contributed by atoms with Crippen LogP contribution in [0, 0.1) is 0 Å². The van der Waals surface area contributed by atoms with Gasteiger partial charge in [0.15, 0.2) is 5.13 Å². The second kappa shape index (κ2) is 7.10. The highest BCUT2D eigenvalue weighted by Gasteiger charge is 2.18. The number of rotatable bonds is 5. The largest absolute Gasteiger partial charge is 0.379 e. The quantitative estimate of drug-likeness (QED) is 0.859. The van der Waals surface area contributed by atoms with E-state index >= 15 is 0 Å². The van der Waals surface area contributed by atoms with Crippen LogP contribution in [0.15, 0.2) is 28.7 Å². The highest BCUT2D eigenvalue weighted by Crippen LogP contribution is 2.22. The van der Waals surface area contributed by atoms with Gasteiger partial charge in [-0.3, -0.25) is 14.6 Å². The first kappa shape index (κ1) is 16.6. The van der Waals surface area contributed by atoms with Crippen LogP contribution >= 0.6 is 22.9 Å². The molecule has 2 aromatic heterocycles. The topological polar surface area (TPSA) is 84.4 Å². The van der Waals surface area contributed by atoms with Crippen molar-refractivity contribution in [2.75, 3.05) is 31.0 Å². The molecule has 1 aliphatic heterocycles. The van der Waals surface area contributed by atoms with Gasteiger partial charge < -0.3 is 4.74 Å². The van der Waals surface area contributed by atoms with Crippen molar-refractivity contribution < 1.29 is 13.2 Å². The van der Waals surface area contributed by atoms with E-state index < -0.39 is 10.0 Å². The number of morpholine rings is 1. The number of hydrogen-bond donors (Lipinski definition) is 1. The van der Waals surface area contributed by atoms with Crippen molar-refractivity contribution >= 4 is 38.1 Å². The average Bonchev–Trinajstić information content (AvgIpc) is 2.94. The van der Waals surface area contributed by atoms with Crippen LogP contribution in [0.2, 0.25) is 5.02 Å². The third-order valence-corrected chi connectivity index (χ3v) is 5.70. The van der Waals surface area contributed by atoms with Gasteiger partial charge in [-0.2, -0.15) is 0 Å². The zero-order chi connectivity index (χ0) is 16.3. The molecule has 0 amide bonds. The Labute approximate surface area is 143 Å². The molecule has 3 rings (SSSR count). The number of ether oxygens (including phenoxy) is 1. The molecule has 0 aromatic carbocycles. The first-order chi connectivity index (χ1) is 11.0. The van der Waals surface area contributed by atoms with E-state index in [0.29, 0.717) is 24.9 Å². The van der Waals surface area contributed by atoms with Crippen LogP contribution in [0.1, 0.15) is 5.69 Å². The lowest BCUT2D eigenvalue weighted by atomic mass is 10.4. The average molecular weight is 375 g/mol. The Kier molecular flexibility index (Phi) is 5.12. The molecule has 0 radical (unpaired) electrons. The van der Waals surface area contributed by atoms with Crippen LogP contribution in [-0.4, -0.2) is 49.6 Å². The second-order valence-corrected chi connectivity index (χ2v) is 7.95. The molecule has 0 aliphatic carbocycles. The Morgan fingerprint density at radius 2 is 2.13 bits per heavy atom. The molecule has 1 fully saturated rings. The Bertz CT molecular complexity index is 775. The second-order valence-electron chi connectivity index (χ2n) is 4.98. The maximum Gasteiger partial charge on any atom is 0.265 e. The van der Waals surface area contributed by atoms with Gasteiger partial charge in [0.1, 0.15) is 4.90 Å². The fourth-order valence-corrected chi connectivity index (χ4v) is 4.31. The Morgan fingerprint density at radius 1 is 1.35 bits per heavy atom. The molecular weight excluding hydrogens is 360 g/mol. The van der Waals surface area contributed by atoms with Gasteiger partial charge in [0.05, 0.1) is 23.9 Å². The first-order valence-electron chi connectivity index (χ1n) is 6.91. The lowest BCUT2D eigenvalue weighted by molar-refractivity contribution is 0.0337. The summed E-state index contributed by atoms with van der Waals surface area (Å²) in [5.74, 6) is 0. The van der Waals surface area contributed by atoms with Crippen LogP contribution in [0.5, 0.6) is 0 Å². The zero-order valence-corrected chi connectivity index (χ0v) is 14.5. The molecule has 2 aromatic rings. The molecule has 1 aliphatic rings. The minimum Gasteiger partial charge on any atom is -0.379 e. The van der Waals surface area contributed by atoms with Gasteiger partial charge in [-0.1, -0.05) is 11.6 Å².